The van der Waals surface area contributed by atoms with Crippen LogP contribution in [-0.2, 0) is 10.0 Å². The SMILES string of the molecule is O=C1c2ccccc2S(=O)(=O)N1CC(O)CCl. The van der Waals surface area contributed by atoms with E-state index in [0.717, 1.165) is 0 Å². The highest BCUT2D eigenvalue weighted by atomic mass is 35.5. The third-order valence-corrected chi connectivity index (χ3v) is 4.63. The van der Waals surface area contributed by atoms with Gasteiger partial charge in [0.2, 0.25) is 0 Å². The lowest BCUT2D eigenvalue weighted by atomic mass is 10.2. The van der Waals surface area contributed by atoms with Crippen molar-refractivity contribution in [3.05, 3.63) is 29.8 Å². The van der Waals surface area contributed by atoms with E-state index in [0.29, 0.717) is 4.31 Å². The van der Waals surface area contributed by atoms with Crippen LogP contribution in [0.25, 0.3) is 0 Å². The summed E-state index contributed by atoms with van der Waals surface area (Å²) in [7, 11) is -3.84. The molecule has 1 N–H and O–H groups in total. The maximum Gasteiger partial charge on any atom is 0.269 e. The Morgan fingerprint density at radius 2 is 2.00 bits per heavy atom. The van der Waals surface area contributed by atoms with Crippen molar-refractivity contribution in [2.45, 2.75) is 11.0 Å². The highest BCUT2D eigenvalue weighted by Gasteiger charge is 2.41. The summed E-state index contributed by atoms with van der Waals surface area (Å²) in [6, 6.07) is 5.96. The number of rotatable bonds is 3. The zero-order valence-electron chi connectivity index (χ0n) is 8.71. The molecule has 0 aliphatic carbocycles. The first-order valence-corrected chi connectivity index (χ1v) is 6.86. The van der Waals surface area contributed by atoms with Crippen molar-refractivity contribution in [2.75, 3.05) is 12.4 Å². The average molecular weight is 276 g/mol. The van der Waals surface area contributed by atoms with Crippen molar-refractivity contribution in [1.29, 1.82) is 0 Å². The molecule has 1 amide bonds. The summed E-state index contributed by atoms with van der Waals surface area (Å²) in [5.41, 5.74) is 0.134. The standard InChI is InChI=1S/C10H10ClNO4S/c11-5-7(13)6-12-10(14)8-3-1-2-4-9(8)17(12,15)16/h1-4,7,13H,5-6H2. The predicted molar refractivity (Wildman–Crippen MR) is 61.4 cm³/mol. The number of carbonyl (C=O) groups excluding carboxylic acids is 1. The molecule has 0 spiro atoms. The van der Waals surface area contributed by atoms with Crippen LogP contribution in [0, 0.1) is 0 Å². The summed E-state index contributed by atoms with van der Waals surface area (Å²) in [4.78, 5) is 11.8. The number of benzene rings is 1. The van der Waals surface area contributed by atoms with E-state index < -0.39 is 22.0 Å². The van der Waals surface area contributed by atoms with Crippen molar-refractivity contribution in [1.82, 2.24) is 4.31 Å². The highest BCUT2D eigenvalue weighted by molar-refractivity contribution is 7.90. The molecule has 0 bridgehead atoms. The third kappa shape index (κ3) is 1.92. The van der Waals surface area contributed by atoms with Crippen LogP contribution >= 0.6 is 11.6 Å². The van der Waals surface area contributed by atoms with E-state index in [1.54, 1.807) is 12.1 Å². The largest absolute Gasteiger partial charge is 0.390 e. The van der Waals surface area contributed by atoms with Crippen LogP contribution < -0.4 is 0 Å². The second-order valence-electron chi connectivity index (χ2n) is 3.65. The maximum absolute atomic E-state index is 12.0. The van der Waals surface area contributed by atoms with Gasteiger partial charge in [-0.2, -0.15) is 0 Å². The first-order chi connectivity index (χ1) is 7.98. The Hall–Kier alpha value is -1.11. The van der Waals surface area contributed by atoms with Gasteiger partial charge >= 0.3 is 0 Å². The van der Waals surface area contributed by atoms with Gasteiger partial charge in [-0.25, -0.2) is 12.7 Å². The zero-order chi connectivity index (χ0) is 12.6. The summed E-state index contributed by atoms with van der Waals surface area (Å²) >= 11 is 5.40. The van der Waals surface area contributed by atoms with Crippen LogP contribution in [0.5, 0.6) is 0 Å². The van der Waals surface area contributed by atoms with E-state index in [9.17, 15) is 18.3 Å². The lowest BCUT2D eigenvalue weighted by molar-refractivity contribution is 0.0812. The molecule has 2 rings (SSSR count). The minimum atomic E-state index is -3.84. The Morgan fingerprint density at radius 1 is 1.35 bits per heavy atom. The molecular formula is C10H10ClNO4S. The minimum Gasteiger partial charge on any atom is -0.390 e. The summed E-state index contributed by atoms with van der Waals surface area (Å²) in [6.45, 7) is -0.320. The smallest absolute Gasteiger partial charge is 0.269 e. The fraction of sp³-hybridized carbons (Fsp3) is 0.300. The molecule has 92 valence electrons. The Balaban J connectivity index is 2.44. The zero-order valence-corrected chi connectivity index (χ0v) is 10.3. The third-order valence-electron chi connectivity index (χ3n) is 2.47. The minimum absolute atomic E-state index is 0.0215. The van der Waals surface area contributed by atoms with E-state index in [4.69, 9.17) is 11.6 Å². The summed E-state index contributed by atoms with van der Waals surface area (Å²) < 4.78 is 24.7. The molecule has 0 fully saturated rings. The number of nitrogens with zero attached hydrogens (tertiary/aromatic N) is 1. The van der Waals surface area contributed by atoms with Gasteiger partial charge in [0, 0.05) is 0 Å². The number of hydrogen-bond donors (Lipinski definition) is 1. The van der Waals surface area contributed by atoms with Crippen LogP contribution in [0.15, 0.2) is 29.2 Å². The van der Waals surface area contributed by atoms with Gasteiger partial charge in [-0.3, -0.25) is 4.79 Å². The molecule has 1 atom stereocenters. The van der Waals surface area contributed by atoms with Gasteiger partial charge in [0.25, 0.3) is 15.9 Å². The molecule has 1 aliphatic heterocycles. The van der Waals surface area contributed by atoms with Crippen molar-refractivity contribution in [3.8, 4) is 0 Å². The van der Waals surface area contributed by atoms with Crippen LogP contribution in [0.1, 0.15) is 10.4 Å². The van der Waals surface area contributed by atoms with Gasteiger partial charge in [-0.15, -0.1) is 11.6 Å². The number of fused-ring (bicyclic) bond motifs is 1. The molecule has 0 saturated heterocycles. The van der Waals surface area contributed by atoms with Gasteiger partial charge in [-0.1, -0.05) is 12.1 Å². The first-order valence-electron chi connectivity index (χ1n) is 4.88. The number of halogens is 1. The number of β-amino-alcohol motifs (C(OH)–C–C–N with tert-alkyl or cyclic N) is 1. The van der Waals surface area contributed by atoms with E-state index in [2.05, 4.69) is 0 Å². The van der Waals surface area contributed by atoms with Gasteiger partial charge in [0.1, 0.15) is 4.90 Å². The van der Waals surface area contributed by atoms with E-state index in [1.807, 2.05) is 0 Å². The molecule has 0 aromatic heterocycles. The molecule has 17 heavy (non-hydrogen) atoms. The molecule has 1 heterocycles. The predicted octanol–water partition coefficient (Wildman–Crippen LogP) is 0.431. The Kier molecular flexibility index (Phi) is 3.11. The molecule has 1 aliphatic rings. The number of alkyl halides is 1. The number of aliphatic hydroxyl groups excluding tert-OH is 1. The fourth-order valence-electron chi connectivity index (χ4n) is 1.65. The molecule has 0 radical (unpaired) electrons. The quantitative estimate of drug-likeness (QED) is 0.812. The van der Waals surface area contributed by atoms with Crippen molar-refractivity contribution >= 4 is 27.5 Å². The van der Waals surface area contributed by atoms with Crippen LogP contribution in [0.4, 0.5) is 0 Å². The van der Waals surface area contributed by atoms with Crippen LogP contribution in [0.3, 0.4) is 0 Å². The van der Waals surface area contributed by atoms with Crippen molar-refractivity contribution in [3.63, 3.8) is 0 Å². The molecule has 0 saturated carbocycles. The van der Waals surface area contributed by atoms with E-state index in [1.165, 1.54) is 12.1 Å². The second kappa shape index (κ2) is 4.29. The average Bonchev–Trinajstić information content (AvgIpc) is 2.51. The van der Waals surface area contributed by atoms with Gasteiger partial charge in [-0.05, 0) is 12.1 Å². The monoisotopic (exact) mass is 275 g/mol. The lowest BCUT2D eigenvalue weighted by Gasteiger charge is -2.17. The lowest BCUT2D eigenvalue weighted by Crippen LogP contribution is -2.37. The summed E-state index contributed by atoms with van der Waals surface area (Å²) in [5, 5.41) is 9.36. The van der Waals surface area contributed by atoms with E-state index in [-0.39, 0.29) is 22.9 Å². The highest BCUT2D eigenvalue weighted by Crippen LogP contribution is 2.29. The van der Waals surface area contributed by atoms with Crippen LogP contribution in [-0.4, -0.2) is 42.3 Å². The van der Waals surface area contributed by atoms with Gasteiger partial charge in [0.15, 0.2) is 0 Å². The van der Waals surface area contributed by atoms with Crippen molar-refractivity contribution in [2.24, 2.45) is 0 Å². The fourth-order valence-corrected chi connectivity index (χ4v) is 3.36. The molecular weight excluding hydrogens is 266 g/mol. The number of aliphatic hydroxyl groups is 1. The molecule has 1 aromatic rings. The topological polar surface area (TPSA) is 74.7 Å². The Morgan fingerprint density at radius 3 is 2.59 bits per heavy atom. The first kappa shape index (κ1) is 12.3. The summed E-state index contributed by atoms with van der Waals surface area (Å²) in [6.07, 6.45) is -1.07. The normalized spacial score (nSPS) is 19.2. The number of sulfonamides is 1. The number of amides is 1. The molecule has 5 nitrogen and oxygen atoms in total. The molecule has 1 aromatic carbocycles. The summed E-state index contributed by atoms with van der Waals surface area (Å²) in [5.74, 6) is -0.750. The maximum atomic E-state index is 12.0. The van der Waals surface area contributed by atoms with Crippen molar-refractivity contribution < 1.29 is 18.3 Å². The van der Waals surface area contributed by atoms with E-state index >= 15 is 0 Å². The number of carbonyl (C=O) groups is 1. The molecule has 7 heteroatoms. The van der Waals surface area contributed by atoms with Crippen LogP contribution in [0.2, 0.25) is 0 Å². The second-order valence-corrected chi connectivity index (χ2v) is 5.78. The molecule has 1 unspecified atom stereocenters. The number of hydrogen-bond acceptors (Lipinski definition) is 4. The van der Waals surface area contributed by atoms with Gasteiger partial charge < -0.3 is 5.11 Å². The Labute approximate surface area is 104 Å². The van der Waals surface area contributed by atoms with Gasteiger partial charge in [0.05, 0.1) is 24.1 Å². The Bertz CT molecular complexity index is 557.